The first-order valence-corrected chi connectivity index (χ1v) is 6.46. The molecule has 0 heterocycles. The van der Waals surface area contributed by atoms with Crippen molar-refractivity contribution in [2.75, 3.05) is 6.61 Å². The van der Waals surface area contributed by atoms with Gasteiger partial charge in [0.2, 0.25) is 5.91 Å². The van der Waals surface area contributed by atoms with E-state index in [4.69, 9.17) is 9.84 Å². The van der Waals surface area contributed by atoms with Crippen LogP contribution >= 0.6 is 0 Å². The lowest BCUT2D eigenvalue weighted by Gasteiger charge is -2.18. The highest BCUT2D eigenvalue weighted by molar-refractivity contribution is 5.84. The van der Waals surface area contributed by atoms with E-state index in [0.717, 1.165) is 0 Å². The lowest BCUT2D eigenvalue weighted by molar-refractivity contribution is -0.149. The first kappa shape index (κ1) is 17.4. The molecule has 6 nitrogen and oxygen atoms in total. The van der Waals surface area contributed by atoms with Crippen LogP contribution in [-0.2, 0) is 19.1 Å². The van der Waals surface area contributed by atoms with E-state index in [9.17, 15) is 14.4 Å². The molecule has 0 saturated carbocycles. The van der Waals surface area contributed by atoms with Gasteiger partial charge in [0.15, 0.2) is 0 Å². The van der Waals surface area contributed by atoms with Gasteiger partial charge in [0.05, 0.1) is 12.5 Å². The number of esters is 1. The Bertz CT molecular complexity index is 327. The number of carbonyl (C=O) groups excluding carboxylic acids is 2. The molecule has 0 radical (unpaired) electrons. The number of carboxylic acid groups (broad SMARTS) is 1. The molecule has 0 bridgehead atoms. The van der Waals surface area contributed by atoms with E-state index in [1.807, 2.05) is 13.8 Å². The molecular formula is C13H23NO5. The molecule has 1 amide bonds. The molecule has 0 rings (SSSR count). The molecule has 0 aliphatic heterocycles. The molecule has 0 aromatic carbocycles. The number of ether oxygens (including phenoxy) is 1. The largest absolute Gasteiger partial charge is 0.480 e. The van der Waals surface area contributed by atoms with Gasteiger partial charge in [0.25, 0.3) is 0 Å². The van der Waals surface area contributed by atoms with E-state index < -0.39 is 23.9 Å². The van der Waals surface area contributed by atoms with Crippen molar-refractivity contribution in [2.24, 2.45) is 11.8 Å². The lowest BCUT2D eigenvalue weighted by atomic mass is 10.0. The van der Waals surface area contributed by atoms with Crippen LogP contribution in [0.1, 0.15) is 40.5 Å². The average Bonchev–Trinajstić information content (AvgIpc) is 2.26. The number of carbonyl (C=O) groups is 3. The molecule has 0 saturated heterocycles. The monoisotopic (exact) mass is 273 g/mol. The van der Waals surface area contributed by atoms with Crippen molar-refractivity contribution in [1.82, 2.24) is 5.32 Å². The molecular weight excluding hydrogens is 250 g/mol. The third-order valence-corrected chi connectivity index (χ3v) is 2.51. The smallest absolute Gasteiger partial charge is 0.326 e. The predicted molar refractivity (Wildman–Crippen MR) is 69.4 cm³/mol. The number of rotatable bonds is 8. The second-order valence-corrected chi connectivity index (χ2v) is 4.95. The fraction of sp³-hybridized carbons (Fsp3) is 0.769. The van der Waals surface area contributed by atoms with Crippen LogP contribution in [0.25, 0.3) is 0 Å². The summed E-state index contributed by atoms with van der Waals surface area (Å²) in [5, 5.41) is 11.5. The molecule has 19 heavy (non-hydrogen) atoms. The van der Waals surface area contributed by atoms with E-state index in [0.29, 0.717) is 0 Å². The molecule has 110 valence electrons. The quantitative estimate of drug-likeness (QED) is 0.648. The summed E-state index contributed by atoms with van der Waals surface area (Å²) in [5.41, 5.74) is 0. The minimum absolute atomic E-state index is 0.0258. The molecule has 0 aliphatic carbocycles. The minimum atomic E-state index is -1.15. The maximum atomic E-state index is 11.6. The van der Waals surface area contributed by atoms with Gasteiger partial charge in [-0.25, -0.2) is 4.79 Å². The molecule has 6 heteroatoms. The van der Waals surface area contributed by atoms with Gasteiger partial charge in [-0.15, -0.1) is 0 Å². The second kappa shape index (κ2) is 8.50. The predicted octanol–water partition coefficient (Wildman–Crippen LogP) is 1.19. The number of carboxylic acids is 1. The summed E-state index contributed by atoms with van der Waals surface area (Å²) in [6.45, 7) is 7.26. The van der Waals surface area contributed by atoms with Crippen LogP contribution in [0.15, 0.2) is 0 Å². The van der Waals surface area contributed by atoms with Gasteiger partial charge in [-0.2, -0.15) is 0 Å². The molecule has 2 N–H and O–H groups in total. The van der Waals surface area contributed by atoms with Crippen molar-refractivity contribution >= 4 is 17.8 Å². The van der Waals surface area contributed by atoms with Gasteiger partial charge in [0, 0.05) is 6.42 Å². The van der Waals surface area contributed by atoms with Gasteiger partial charge in [0.1, 0.15) is 6.04 Å². The van der Waals surface area contributed by atoms with Crippen molar-refractivity contribution in [3.8, 4) is 0 Å². The Hall–Kier alpha value is -1.59. The van der Waals surface area contributed by atoms with Crippen LogP contribution in [0, 0.1) is 11.8 Å². The molecule has 0 aromatic heterocycles. The third kappa shape index (κ3) is 7.43. The van der Waals surface area contributed by atoms with E-state index in [1.165, 1.54) is 0 Å². The average molecular weight is 273 g/mol. The molecule has 0 spiro atoms. The Morgan fingerprint density at radius 2 is 1.79 bits per heavy atom. The van der Waals surface area contributed by atoms with Gasteiger partial charge in [-0.3, -0.25) is 9.59 Å². The summed E-state index contributed by atoms with van der Waals surface area (Å²) in [5.74, 6) is -2.34. The highest BCUT2D eigenvalue weighted by Gasteiger charge is 2.26. The van der Waals surface area contributed by atoms with Crippen LogP contribution in [-0.4, -0.2) is 35.6 Å². The van der Waals surface area contributed by atoms with E-state index in [2.05, 4.69) is 5.32 Å². The molecule has 0 unspecified atom stereocenters. The summed E-state index contributed by atoms with van der Waals surface area (Å²) >= 11 is 0. The zero-order valence-electron chi connectivity index (χ0n) is 11.9. The maximum Gasteiger partial charge on any atom is 0.326 e. The van der Waals surface area contributed by atoms with Gasteiger partial charge < -0.3 is 15.2 Å². The van der Waals surface area contributed by atoms with Crippen molar-refractivity contribution in [1.29, 1.82) is 0 Å². The van der Waals surface area contributed by atoms with Crippen LogP contribution in [0.5, 0.6) is 0 Å². The van der Waals surface area contributed by atoms with Crippen molar-refractivity contribution in [2.45, 2.75) is 46.6 Å². The first-order chi connectivity index (χ1) is 8.77. The fourth-order valence-electron chi connectivity index (χ4n) is 1.58. The van der Waals surface area contributed by atoms with Crippen molar-refractivity contribution < 1.29 is 24.2 Å². The third-order valence-electron chi connectivity index (χ3n) is 2.51. The second-order valence-electron chi connectivity index (χ2n) is 4.95. The van der Waals surface area contributed by atoms with E-state index >= 15 is 0 Å². The Morgan fingerprint density at radius 3 is 2.21 bits per heavy atom. The molecule has 0 aliphatic rings. The highest BCUT2D eigenvalue weighted by atomic mass is 16.5. The molecule has 0 fully saturated rings. The summed E-state index contributed by atoms with van der Waals surface area (Å²) in [6, 6.07) is -1.06. The van der Waals surface area contributed by atoms with Crippen LogP contribution < -0.4 is 5.32 Å². The van der Waals surface area contributed by atoms with Crippen LogP contribution in [0.2, 0.25) is 0 Å². The zero-order valence-corrected chi connectivity index (χ0v) is 11.9. The van der Waals surface area contributed by atoms with Gasteiger partial charge in [-0.05, 0) is 19.3 Å². The molecule has 2 atom stereocenters. The van der Waals surface area contributed by atoms with Gasteiger partial charge in [-0.1, -0.05) is 20.8 Å². The highest BCUT2D eigenvalue weighted by Crippen LogP contribution is 2.10. The Balaban J connectivity index is 4.45. The first-order valence-electron chi connectivity index (χ1n) is 6.46. The van der Waals surface area contributed by atoms with E-state index in [1.54, 1.807) is 13.8 Å². The SMILES string of the molecule is CCOC(=O)[C@@H](C)C[C@@H](NC(=O)CC(C)C)C(=O)O. The number of hydrogen-bond donors (Lipinski definition) is 2. The minimum Gasteiger partial charge on any atom is -0.480 e. The number of hydrogen-bond acceptors (Lipinski definition) is 4. The van der Waals surface area contributed by atoms with Gasteiger partial charge >= 0.3 is 11.9 Å². The summed E-state index contributed by atoms with van der Waals surface area (Å²) < 4.78 is 4.81. The molecule has 0 aromatic rings. The fourth-order valence-corrected chi connectivity index (χ4v) is 1.58. The Kier molecular flexibility index (Phi) is 7.79. The number of aliphatic carboxylic acids is 1. The normalized spacial score (nSPS) is 13.7. The Labute approximate surface area is 113 Å². The van der Waals surface area contributed by atoms with Crippen LogP contribution in [0.4, 0.5) is 0 Å². The maximum absolute atomic E-state index is 11.6. The summed E-state index contributed by atoms with van der Waals surface area (Å²) in [7, 11) is 0. The summed E-state index contributed by atoms with van der Waals surface area (Å²) in [6.07, 6.45) is 0.287. The number of amides is 1. The Morgan fingerprint density at radius 1 is 1.21 bits per heavy atom. The van der Waals surface area contributed by atoms with Crippen molar-refractivity contribution in [3.05, 3.63) is 0 Å². The van der Waals surface area contributed by atoms with E-state index in [-0.39, 0.29) is 31.3 Å². The van der Waals surface area contributed by atoms with Crippen LogP contribution in [0.3, 0.4) is 0 Å². The zero-order chi connectivity index (χ0) is 15.0. The lowest BCUT2D eigenvalue weighted by Crippen LogP contribution is -2.43. The van der Waals surface area contributed by atoms with Crippen molar-refractivity contribution in [3.63, 3.8) is 0 Å². The standard InChI is InChI=1S/C13H23NO5/c1-5-19-13(18)9(4)7-10(12(16)17)14-11(15)6-8(2)3/h8-10H,5-7H2,1-4H3,(H,14,15)(H,16,17)/t9-,10+/m0/s1. The number of nitrogens with one attached hydrogen (secondary N) is 1. The topological polar surface area (TPSA) is 92.7 Å². The summed E-state index contributed by atoms with van der Waals surface area (Å²) in [4.78, 5) is 34.1.